The highest BCUT2D eigenvalue weighted by molar-refractivity contribution is 14.1. The van der Waals surface area contributed by atoms with E-state index in [0.29, 0.717) is 14.9 Å². The zero-order valence-corrected chi connectivity index (χ0v) is 12.5. The molecule has 2 atom stereocenters. The number of anilines is 2. The summed E-state index contributed by atoms with van der Waals surface area (Å²) in [5, 5.41) is 10.0. The van der Waals surface area contributed by atoms with E-state index in [1.54, 1.807) is 6.07 Å². The first kappa shape index (κ1) is 13.9. The van der Waals surface area contributed by atoms with Crippen molar-refractivity contribution in [3.05, 3.63) is 21.5 Å². The number of rotatable bonds is 2. The normalized spacial score (nSPS) is 24.0. The minimum atomic E-state index is -0.356. The van der Waals surface area contributed by atoms with E-state index < -0.39 is 0 Å². The quantitative estimate of drug-likeness (QED) is 0.627. The second kappa shape index (κ2) is 5.61. The van der Waals surface area contributed by atoms with Gasteiger partial charge in [0.05, 0.1) is 27.1 Å². The average molecular weight is 364 g/mol. The lowest BCUT2D eigenvalue weighted by Gasteiger charge is -2.37. The molecule has 1 aliphatic rings. The van der Waals surface area contributed by atoms with Crippen molar-refractivity contribution in [3.63, 3.8) is 0 Å². The molecule has 0 amide bonds. The molecule has 100 valence electrons. The van der Waals surface area contributed by atoms with Crippen LogP contribution in [0.1, 0.15) is 25.7 Å². The molecule has 5 heteroatoms. The smallest absolute Gasteiger partial charge is 0.138 e. The lowest BCUT2D eigenvalue weighted by atomic mass is 9.91. The largest absolute Gasteiger partial charge is 0.397 e. The summed E-state index contributed by atoms with van der Waals surface area (Å²) in [6.45, 7) is 0. The van der Waals surface area contributed by atoms with Crippen molar-refractivity contribution in [2.24, 2.45) is 0 Å². The number of hydrogen-bond acceptors (Lipinski definition) is 3. The third kappa shape index (κ3) is 2.71. The van der Waals surface area contributed by atoms with Gasteiger partial charge in [-0.05, 0) is 41.5 Å². The molecule has 3 nitrogen and oxygen atoms in total. The van der Waals surface area contributed by atoms with Gasteiger partial charge in [0.1, 0.15) is 5.82 Å². The number of aliphatic hydroxyl groups excluding tert-OH is 1. The van der Waals surface area contributed by atoms with Gasteiger partial charge in [-0.3, -0.25) is 0 Å². The fraction of sp³-hybridized carbons (Fsp3) is 0.538. The molecule has 3 N–H and O–H groups in total. The zero-order chi connectivity index (χ0) is 13.3. The second-order valence-electron chi connectivity index (χ2n) is 4.86. The first-order chi connectivity index (χ1) is 8.50. The van der Waals surface area contributed by atoms with Crippen molar-refractivity contribution < 1.29 is 9.50 Å². The van der Waals surface area contributed by atoms with E-state index in [1.807, 2.05) is 34.5 Å². The maximum atomic E-state index is 13.6. The van der Waals surface area contributed by atoms with Gasteiger partial charge in [-0.2, -0.15) is 0 Å². The van der Waals surface area contributed by atoms with Gasteiger partial charge >= 0.3 is 0 Å². The van der Waals surface area contributed by atoms with Gasteiger partial charge in [-0.25, -0.2) is 4.39 Å². The predicted molar refractivity (Wildman–Crippen MR) is 80.2 cm³/mol. The van der Waals surface area contributed by atoms with Crippen molar-refractivity contribution in [1.29, 1.82) is 0 Å². The number of benzene rings is 1. The number of aliphatic hydroxyl groups is 1. The first-order valence-electron chi connectivity index (χ1n) is 6.16. The summed E-state index contributed by atoms with van der Waals surface area (Å²) in [5.74, 6) is -0.267. The molecule has 0 saturated heterocycles. The van der Waals surface area contributed by atoms with E-state index in [-0.39, 0.29) is 18.0 Å². The summed E-state index contributed by atoms with van der Waals surface area (Å²) < 4.78 is 14.2. The summed E-state index contributed by atoms with van der Waals surface area (Å²) in [4.78, 5) is 1.92. The first-order valence-corrected chi connectivity index (χ1v) is 7.24. The minimum Gasteiger partial charge on any atom is -0.397 e. The minimum absolute atomic E-state index is 0.0283. The van der Waals surface area contributed by atoms with Crippen LogP contribution in [0.25, 0.3) is 0 Å². The van der Waals surface area contributed by atoms with Crippen LogP contribution in [0.2, 0.25) is 0 Å². The van der Waals surface area contributed by atoms with E-state index in [0.717, 1.165) is 25.7 Å². The van der Waals surface area contributed by atoms with E-state index >= 15 is 0 Å². The molecule has 0 spiro atoms. The Morgan fingerprint density at radius 2 is 2.06 bits per heavy atom. The average Bonchev–Trinajstić information content (AvgIpc) is 2.33. The molecular formula is C13H18FIN2O. The van der Waals surface area contributed by atoms with Crippen LogP contribution in [-0.2, 0) is 0 Å². The predicted octanol–water partition coefficient (Wildman–Crippen LogP) is 2.75. The van der Waals surface area contributed by atoms with Crippen molar-refractivity contribution in [2.45, 2.75) is 37.8 Å². The van der Waals surface area contributed by atoms with Crippen LogP contribution in [-0.4, -0.2) is 24.3 Å². The van der Waals surface area contributed by atoms with Gasteiger partial charge in [0, 0.05) is 13.1 Å². The topological polar surface area (TPSA) is 49.5 Å². The summed E-state index contributed by atoms with van der Waals surface area (Å²) >= 11 is 1.93. The lowest BCUT2D eigenvalue weighted by Crippen LogP contribution is -2.43. The van der Waals surface area contributed by atoms with Crippen LogP contribution in [0.4, 0.5) is 15.8 Å². The third-order valence-electron chi connectivity index (χ3n) is 3.64. The summed E-state index contributed by atoms with van der Waals surface area (Å²) in [6, 6.07) is 3.12. The van der Waals surface area contributed by atoms with Crippen LogP contribution in [0.3, 0.4) is 0 Å². The van der Waals surface area contributed by atoms with Crippen LogP contribution < -0.4 is 10.6 Å². The van der Waals surface area contributed by atoms with Crippen LogP contribution >= 0.6 is 22.6 Å². The molecule has 1 fully saturated rings. The van der Waals surface area contributed by atoms with Crippen molar-refractivity contribution >= 4 is 34.0 Å². The second-order valence-corrected chi connectivity index (χ2v) is 6.02. The molecule has 0 radical (unpaired) electrons. The van der Waals surface area contributed by atoms with Gasteiger partial charge in [0.15, 0.2) is 0 Å². The Kier molecular flexibility index (Phi) is 4.32. The monoisotopic (exact) mass is 364 g/mol. The lowest BCUT2D eigenvalue weighted by molar-refractivity contribution is 0.106. The number of likely N-dealkylation sites (N-methyl/N-ethyl adjacent to an activating group) is 1. The SMILES string of the molecule is CN(c1cc(F)c(I)cc1N)C1CCCCC1O. The zero-order valence-electron chi connectivity index (χ0n) is 10.4. The molecule has 2 unspecified atom stereocenters. The number of nitrogen functional groups attached to an aromatic ring is 1. The van der Waals surface area contributed by atoms with Gasteiger partial charge in [0.25, 0.3) is 0 Å². The van der Waals surface area contributed by atoms with E-state index in [1.165, 1.54) is 6.07 Å². The summed E-state index contributed by atoms with van der Waals surface area (Å²) in [5.41, 5.74) is 7.17. The maximum Gasteiger partial charge on any atom is 0.138 e. The standard InChI is InChI=1S/C13H18FIN2O/c1-17(11-4-2-3-5-13(11)18)12-6-8(14)9(15)7-10(12)16/h6-7,11,13,18H,2-5,16H2,1H3. The van der Waals surface area contributed by atoms with Crippen LogP contribution in [0.5, 0.6) is 0 Å². The van der Waals surface area contributed by atoms with E-state index in [4.69, 9.17) is 5.73 Å². The van der Waals surface area contributed by atoms with Crippen molar-refractivity contribution in [3.8, 4) is 0 Å². The molecule has 0 aliphatic heterocycles. The van der Waals surface area contributed by atoms with Gasteiger partial charge in [0.2, 0.25) is 0 Å². The number of hydrogen-bond donors (Lipinski definition) is 2. The Labute approximate surface area is 120 Å². The number of nitrogens with two attached hydrogens (primary N) is 1. The third-order valence-corrected chi connectivity index (χ3v) is 4.47. The molecule has 2 rings (SSSR count). The Morgan fingerprint density at radius 3 is 2.72 bits per heavy atom. The van der Waals surface area contributed by atoms with Crippen molar-refractivity contribution in [2.75, 3.05) is 17.7 Å². The molecule has 1 aromatic carbocycles. The Hall–Kier alpha value is -0.560. The van der Waals surface area contributed by atoms with E-state index in [2.05, 4.69) is 0 Å². The molecular weight excluding hydrogens is 346 g/mol. The Morgan fingerprint density at radius 1 is 1.39 bits per heavy atom. The molecule has 18 heavy (non-hydrogen) atoms. The number of halogens is 2. The van der Waals surface area contributed by atoms with Crippen LogP contribution in [0, 0.1) is 9.39 Å². The molecule has 0 aromatic heterocycles. The highest BCUT2D eigenvalue weighted by atomic mass is 127. The molecule has 1 saturated carbocycles. The fourth-order valence-electron chi connectivity index (χ4n) is 2.58. The number of nitrogens with zero attached hydrogens (tertiary/aromatic N) is 1. The molecule has 0 bridgehead atoms. The summed E-state index contributed by atoms with van der Waals surface area (Å²) in [6.07, 6.45) is 3.53. The molecule has 0 heterocycles. The summed E-state index contributed by atoms with van der Waals surface area (Å²) in [7, 11) is 1.87. The maximum absolute atomic E-state index is 13.6. The van der Waals surface area contributed by atoms with Crippen LogP contribution in [0.15, 0.2) is 12.1 Å². The molecule has 1 aliphatic carbocycles. The highest BCUT2D eigenvalue weighted by Crippen LogP contribution is 2.32. The highest BCUT2D eigenvalue weighted by Gasteiger charge is 2.28. The van der Waals surface area contributed by atoms with Crippen molar-refractivity contribution in [1.82, 2.24) is 0 Å². The van der Waals surface area contributed by atoms with Gasteiger partial charge < -0.3 is 15.7 Å². The Balaban J connectivity index is 2.27. The fourth-order valence-corrected chi connectivity index (χ4v) is 3.07. The Bertz CT molecular complexity index is 441. The van der Waals surface area contributed by atoms with Gasteiger partial charge in [-0.1, -0.05) is 12.8 Å². The molecule has 1 aromatic rings. The van der Waals surface area contributed by atoms with E-state index in [9.17, 15) is 9.50 Å². The van der Waals surface area contributed by atoms with Gasteiger partial charge in [-0.15, -0.1) is 0 Å².